The molecule has 0 aliphatic carbocycles. The van der Waals surface area contributed by atoms with E-state index >= 15 is 0 Å². The van der Waals surface area contributed by atoms with Crippen LogP contribution in [0.15, 0.2) is 48.7 Å². The van der Waals surface area contributed by atoms with E-state index in [4.69, 9.17) is 22.1 Å². The van der Waals surface area contributed by atoms with Gasteiger partial charge in [0.05, 0.1) is 6.20 Å². The lowest BCUT2D eigenvalue weighted by atomic mass is 10.1. The SMILES string of the molecule is NCC[C@@H](Oc1cc(Cl)cc2cn[nH]c12)c1ccccc1. The van der Waals surface area contributed by atoms with E-state index in [9.17, 15) is 0 Å². The van der Waals surface area contributed by atoms with Gasteiger partial charge in [0.2, 0.25) is 0 Å². The summed E-state index contributed by atoms with van der Waals surface area (Å²) in [5.74, 6) is 0.692. The first-order chi connectivity index (χ1) is 10.3. The third-order valence-electron chi connectivity index (χ3n) is 3.35. The van der Waals surface area contributed by atoms with Gasteiger partial charge in [-0.3, -0.25) is 5.10 Å². The summed E-state index contributed by atoms with van der Waals surface area (Å²) in [6, 6.07) is 13.7. The zero-order chi connectivity index (χ0) is 14.7. The molecule has 1 heterocycles. The van der Waals surface area contributed by atoms with Crippen molar-refractivity contribution in [3.05, 3.63) is 59.2 Å². The number of aromatic amines is 1. The van der Waals surface area contributed by atoms with Gasteiger partial charge in [-0.15, -0.1) is 0 Å². The Bertz CT molecular complexity index is 727. The second-order valence-electron chi connectivity index (χ2n) is 4.83. The Balaban J connectivity index is 1.96. The molecule has 3 aromatic rings. The van der Waals surface area contributed by atoms with Crippen LogP contribution in [0.5, 0.6) is 5.75 Å². The van der Waals surface area contributed by atoms with Crippen molar-refractivity contribution >= 4 is 22.5 Å². The van der Waals surface area contributed by atoms with Crippen molar-refractivity contribution in [3.63, 3.8) is 0 Å². The van der Waals surface area contributed by atoms with Crippen LogP contribution < -0.4 is 10.5 Å². The summed E-state index contributed by atoms with van der Waals surface area (Å²) >= 11 is 6.14. The van der Waals surface area contributed by atoms with Crippen molar-refractivity contribution in [2.45, 2.75) is 12.5 Å². The Morgan fingerprint density at radius 2 is 2.05 bits per heavy atom. The fourth-order valence-corrected chi connectivity index (χ4v) is 2.57. The number of nitrogens with one attached hydrogen (secondary N) is 1. The number of benzene rings is 2. The Labute approximate surface area is 127 Å². The highest BCUT2D eigenvalue weighted by atomic mass is 35.5. The molecule has 1 aromatic heterocycles. The van der Waals surface area contributed by atoms with E-state index in [0.29, 0.717) is 17.3 Å². The molecule has 1 atom stereocenters. The van der Waals surface area contributed by atoms with E-state index in [2.05, 4.69) is 10.2 Å². The molecule has 0 spiro atoms. The Hall–Kier alpha value is -2.04. The van der Waals surface area contributed by atoms with Gasteiger partial charge < -0.3 is 10.5 Å². The van der Waals surface area contributed by atoms with Crippen LogP contribution in [0.25, 0.3) is 10.9 Å². The van der Waals surface area contributed by atoms with E-state index in [1.807, 2.05) is 36.4 Å². The quantitative estimate of drug-likeness (QED) is 0.755. The van der Waals surface area contributed by atoms with Crippen LogP contribution in [0.4, 0.5) is 0 Å². The minimum absolute atomic E-state index is 0.110. The van der Waals surface area contributed by atoms with Crippen molar-refractivity contribution in [3.8, 4) is 5.75 Å². The normalized spacial score (nSPS) is 12.5. The third kappa shape index (κ3) is 3.01. The highest BCUT2D eigenvalue weighted by Gasteiger charge is 2.15. The summed E-state index contributed by atoms with van der Waals surface area (Å²) < 4.78 is 6.16. The maximum absolute atomic E-state index is 6.16. The Morgan fingerprint density at radius 1 is 1.24 bits per heavy atom. The molecule has 0 unspecified atom stereocenters. The molecule has 0 saturated carbocycles. The molecule has 0 aliphatic rings. The fraction of sp³-hybridized carbons (Fsp3) is 0.188. The number of H-pyrrole nitrogens is 1. The standard InChI is InChI=1S/C16H16ClN3O/c17-13-8-12-10-19-20-16(12)15(9-13)21-14(6-7-18)11-4-2-1-3-5-11/h1-5,8-10,14H,6-7,18H2,(H,19,20)/t14-/m1/s1. The van der Waals surface area contributed by atoms with Gasteiger partial charge in [0.25, 0.3) is 0 Å². The lowest BCUT2D eigenvalue weighted by Gasteiger charge is -2.19. The van der Waals surface area contributed by atoms with Crippen molar-refractivity contribution in [2.24, 2.45) is 5.73 Å². The molecule has 4 nitrogen and oxygen atoms in total. The molecule has 0 aliphatic heterocycles. The van der Waals surface area contributed by atoms with Gasteiger partial charge in [-0.1, -0.05) is 41.9 Å². The predicted octanol–water partition coefficient (Wildman–Crippen LogP) is 3.69. The second kappa shape index (κ2) is 6.16. The molecule has 0 saturated heterocycles. The largest absolute Gasteiger partial charge is 0.483 e. The van der Waals surface area contributed by atoms with Gasteiger partial charge in [-0.2, -0.15) is 5.10 Å². The van der Waals surface area contributed by atoms with Crippen LogP contribution >= 0.6 is 11.6 Å². The first-order valence-electron chi connectivity index (χ1n) is 6.82. The van der Waals surface area contributed by atoms with Crippen LogP contribution in [-0.4, -0.2) is 16.7 Å². The lowest BCUT2D eigenvalue weighted by Crippen LogP contribution is -2.13. The van der Waals surface area contributed by atoms with Crippen molar-refractivity contribution in [1.29, 1.82) is 0 Å². The molecule has 0 radical (unpaired) electrons. The zero-order valence-electron chi connectivity index (χ0n) is 11.4. The van der Waals surface area contributed by atoms with Gasteiger partial charge in [-0.25, -0.2) is 0 Å². The van der Waals surface area contributed by atoms with Crippen molar-refractivity contribution < 1.29 is 4.74 Å². The maximum atomic E-state index is 6.16. The van der Waals surface area contributed by atoms with Crippen molar-refractivity contribution in [1.82, 2.24) is 10.2 Å². The van der Waals surface area contributed by atoms with Crippen LogP contribution in [0, 0.1) is 0 Å². The Kier molecular flexibility index (Phi) is 4.08. The summed E-state index contributed by atoms with van der Waals surface area (Å²) in [6.07, 6.45) is 2.35. The average molecular weight is 302 g/mol. The number of aromatic nitrogens is 2. The summed E-state index contributed by atoms with van der Waals surface area (Å²) in [6.45, 7) is 0.548. The smallest absolute Gasteiger partial charge is 0.147 e. The summed E-state index contributed by atoms with van der Waals surface area (Å²) in [7, 11) is 0. The van der Waals surface area contributed by atoms with Crippen LogP contribution in [0.2, 0.25) is 5.02 Å². The number of nitrogens with zero attached hydrogens (tertiary/aromatic N) is 1. The number of rotatable bonds is 5. The fourth-order valence-electron chi connectivity index (χ4n) is 2.35. The lowest BCUT2D eigenvalue weighted by molar-refractivity contribution is 0.200. The summed E-state index contributed by atoms with van der Waals surface area (Å²) in [4.78, 5) is 0. The number of fused-ring (bicyclic) bond motifs is 1. The monoisotopic (exact) mass is 301 g/mol. The first kappa shape index (κ1) is 13.9. The highest BCUT2D eigenvalue weighted by molar-refractivity contribution is 6.31. The molecular weight excluding hydrogens is 286 g/mol. The average Bonchev–Trinajstić information content (AvgIpc) is 2.96. The number of nitrogens with two attached hydrogens (primary N) is 1. The van der Waals surface area contributed by atoms with E-state index < -0.39 is 0 Å². The van der Waals surface area contributed by atoms with E-state index in [0.717, 1.165) is 22.9 Å². The maximum Gasteiger partial charge on any atom is 0.147 e. The van der Waals surface area contributed by atoms with Crippen molar-refractivity contribution in [2.75, 3.05) is 6.54 Å². The Morgan fingerprint density at radius 3 is 2.81 bits per heavy atom. The number of hydrogen-bond donors (Lipinski definition) is 2. The molecule has 3 N–H and O–H groups in total. The number of halogens is 1. The topological polar surface area (TPSA) is 63.9 Å². The minimum atomic E-state index is -0.110. The molecule has 0 amide bonds. The predicted molar refractivity (Wildman–Crippen MR) is 84.6 cm³/mol. The second-order valence-corrected chi connectivity index (χ2v) is 5.27. The minimum Gasteiger partial charge on any atom is -0.483 e. The molecule has 5 heteroatoms. The molecule has 3 rings (SSSR count). The third-order valence-corrected chi connectivity index (χ3v) is 3.57. The highest BCUT2D eigenvalue weighted by Crippen LogP contribution is 2.32. The van der Waals surface area contributed by atoms with Gasteiger partial charge in [-0.05, 0) is 18.2 Å². The molecule has 0 fully saturated rings. The van der Waals surface area contributed by atoms with Gasteiger partial charge in [0.1, 0.15) is 17.4 Å². The number of ether oxygens (including phenoxy) is 1. The molecule has 2 aromatic carbocycles. The summed E-state index contributed by atoms with van der Waals surface area (Å²) in [5.41, 5.74) is 7.65. The summed E-state index contributed by atoms with van der Waals surface area (Å²) in [5, 5.41) is 8.54. The first-order valence-corrected chi connectivity index (χ1v) is 7.20. The number of hydrogen-bond acceptors (Lipinski definition) is 3. The van der Waals surface area contributed by atoms with Gasteiger partial charge >= 0.3 is 0 Å². The van der Waals surface area contributed by atoms with Crippen LogP contribution in [0.1, 0.15) is 18.1 Å². The van der Waals surface area contributed by atoms with E-state index in [1.165, 1.54) is 0 Å². The molecule has 0 bridgehead atoms. The van der Waals surface area contributed by atoms with Gasteiger partial charge in [0, 0.05) is 22.9 Å². The molecule has 108 valence electrons. The van der Waals surface area contributed by atoms with Crippen LogP contribution in [0.3, 0.4) is 0 Å². The zero-order valence-corrected chi connectivity index (χ0v) is 12.2. The van der Waals surface area contributed by atoms with E-state index in [-0.39, 0.29) is 6.10 Å². The molecular formula is C16H16ClN3O. The van der Waals surface area contributed by atoms with Crippen LogP contribution in [-0.2, 0) is 0 Å². The van der Waals surface area contributed by atoms with Gasteiger partial charge in [0.15, 0.2) is 0 Å². The molecule has 21 heavy (non-hydrogen) atoms. The van der Waals surface area contributed by atoms with E-state index in [1.54, 1.807) is 12.3 Å².